The SMILES string of the molecule is CC(NC(=O)C(NC(=O)c1ccccc1)C(C)(C)C)C(=O)NC(C(=O)C(=O)NCC(=O)N1CCOCC1)C(C)C. The first-order chi connectivity index (χ1) is 18.7. The molecule has 2 rings (SSSR count). The number of Topliss-reactive ketones (excluding diaryl/α,β-unsaturated/α-hetero) is 1. The van der Waals surface area contributed by atoms with Gasteiger partial charge < -0.3 is 30.9 Å². The summed E-state index contributed by atoms with van der Waals surface area (Å²) in [7, 11) is 0. The van der Waals surface area contributed by atoms with Crippen molar-refractivity contribution in [3.05, 3.63) is 35.9 Å². The second-order valence-corrected chi connectivity index (χ2v) is 11.1. The van der Waals surface area contributed by atoms with Gasteiger partial charge in [-0.3, -0.25) is 28.8 Å². The molecule has 4 N–H and O–H groups in total. The minimum atomic E-state index is -1.18. The number of carbonyl (C=O) groups excluding carboxylic acids is 6. The van der Waals surface area contributed by atoms with Crippen LogP contribution < -0.4 is 21.3 Å². The van der Waals surface area contributed by atoms with Gasteiger partial charge in [0.15, 0.2) is 0 Å². The molecule has 1 aromatic rings. The number of morpholine rings is 1. The van der Waals surface area contributed by atoms with Crippen molar-refractivity contribution < 1.29 is 33.5 Å². The zero-order chi connectivity index (χ0) is 30.0. The molecule has 12 heteroatoms. The first-order valence-electron chi connectivity index (χ1n) is 13.4. The van der Waals surface area contributed by atoms with Gasteiger partial charge in [0.25, 0.3) is 11.8 Å². The third-order valence-corrected chi connectivity index (χ3v) is 6.43. The van der Waals surface area contributed by atoms with Gasteiger partial charge in [-0.15, -0.1) is 0 Å². The molecule has 12 nitrogen and oxygen atoms in total. The van der Waals surface area contributed by atoms with Gasteiger partial charge in [-0.25, -0.2) is 0 Å². The van der Waals surface area contributed by atoms with E-state index in [0.29, 0.717) is 31.9 Å². The van der Waals surface area contributed by atoms with Crippen LogP contribution in [0.15, 0.2) is 30.3 Å². The molecule has 3 unspecified atom stereocenters. The smallest absolute Gasteiger partial charge is 0.290 e. The van der Waals surface area contributed by atoms with Gasteiger partial charge in [0.05, 0.1) is 25.8 Å². The monoisotopic (exact) mass is 559 g/mol. The Balaban J connectivity index is 1.98. The van der Waals surface area contributed by atoms with E-state index in [9.17, 15) is 28.8 Å². The maximum atomic E-state index is 13.1. The van der Waals surface area contributed by atoms with E-state index in [2.05, 4.69) is 21.3 Å². The van der Waals surface area contributed by atoms with E-state index >= 15 is 0 Å². The number of rotatable bonds is 11. The van der Waals surface area contributed by atoms with E-state index in [-0.39, 0.29) is 12.5 Å². The Labute approximate surface area is 234 Å². The van der Waals surface area contributed by atoms with E-state index in [4.69, 9.17) is 4.74 Å². The highest BCUT2D eigenvalue weighted by molar-refractivity contribution is 6.38. The molecule has 1 saturated heterocycles. The molecule has 1 fully saturated rings. The molecular formula is C28H41N5O7. The van der Waals surface area contributed by atoms with Gasteiger partial charge in [0.1, 0.15) is 12.1 Å². The summed E-state index contributed by atoms with van der Waals surface area (Å²) in [6.07, 6.45) is 0. The van der Waals surface area contributed by atoms with Crippen LogP contribution >= 0.6 is 0 Å². The highest BCUT2D eigenvalue weighted by atomic mass is 16.5. The van der Waals surface area contributed by atoms with E-state index in [1.165, 1.54) is 11.8 Å². The molecule has 0 radical (unpaired) electrons. The van der Waals surface area contributed by atoms with Crippen molar-refractivity contribution in [3.8, 4) is 0 Å². The molecule has 0 bridgehead atoms. The molecule has 0 spiro atoms. The summed E-state index contributed by atoms with van der Waals surface area (Å²) in [6.45, 7) is 11.4. The van der Waals surface area contributed by atoms with E-state index in [0.717, 1.165) is 0 Å². The van der Waals surface area contributed by atoms with E-state index < -0.39 is 58.9 Å². The molecule has 0 aliphatic carbocycles. The molecular weight excluding hydrogens is 518 g/mol. The third kappa shape index (κ3) is 9.44. The second-order valence-electron chi connectivity index (χ2n) is 11.1. The predicted molar refractivity (Wildman–Crippen MR) is 147 cm³/mol. The summed E-state index contributed by atoms with van der Waals surface area (Å²) in [4.78, 5) is 77.9. The number of benzene rings is 1. The van der Waals surface area contributed by atoms with Gasteiger partial charge >= 0.3 is 0 Å². The van der Waals surface area contributed by atoms with Crippen LogP contribution in [0.1, 0.15) is 51.9 Å². The standard InChI is InChI=1S/C28H41N5O7/c1-17(2)21(22(35)26(38)29-16-20(34)33-12-14-40-15-13-33)31-24(36)18(3)30-27(39)23(28(4,5)6)32-25(37)19-10-8-7-9-11-19/h7-11,17-18,21,23H,12-16H2,1-6H3,(H,29,38)(H,30,39)(H,31,36)(H,32,37). The van der Waals surface area contributed by atoms with E-state index in [1.54, 1.807) is 65.0 Å². The van der Waals surface area contributed by atoms with Crippen LogP contribution in [0, 0.1) is 11.3 Å². The molecule has 1 aliphatic heterocycles. The fraction of sp³-hybridized carbons (Fsp3) is 0.571. The van der Waals surface area contributed by atoms with Gasteiger partial charge in [-0.1, -0.05) is 52.8 Å². The average Bonchev–Trinajstić information content (AvgIpc) is 2.92. The van der Waals surface area contributed by atoms with Gasteiger partial charge in [0.2, 0.25) is 23.5 Å². The maximum Gasteiger partial charge on any atom is 0.290 e. The van der Waals surface area contributed by atoms with Gasteiger partial charge in [0, 0.05) is 18.7 Å². The number of ether oxygens (including phenoxy) is 1. The zero-order valence-electron chi connectivity index (χ0n) is 24.0. The number of amides is 5. The summed E-state index contributed by atoms with van der Waals surface area (Å²) in [5, 5.41) is 10.2. The summed E-state index contributed by atoms with van der Waals surface area (Å²) in [5.74, 6) is -4.37. The lowest BCUT2D eigenvalue weighted by molar-refractivity contribution is -0.142. The lowest BCUT2D eigenvalue weighted by Crippen LogP contribution is -2.59. The first kappa shape index (κ1) is 32.4. The van der Waals surface area contributed by atoms with Crippen molar-refractivity contribution in [1.29, 1.82) is 0 Å². The number of nitrogens with one attached hydrogen (secondary N) is 4. The molecule has 3 atom stereocenters. The number of hydrogen-bond donors (Lipinski definition) is 4. The lowest BCUT2D eigenvalue weighted by Gasteiger charge is -2.31. The summed E-state index contributed by atoms with van der Waals surface area (Å²) in [6, 6.07) is 5.22. The normalized spacial score (nSPS) is 15.8. The molecule has 1 aliphatic rings. The molecule has 5 amide bonds. The summed E-state index contributed by atoms with van der Waals surface area (Å²) >= 11 is 0. The topological polar surface area (TPSA) is 163 Å². The zero-order valence-corrected chi connectivity index (χ0v) is 24.0. The molecule has 0 aromatic heterocycles. The molecule has 40 heavy (non-hydrogen) atoms. The molecule has 1 heterocycles. The highest BCUT2D eigenvalue weighted by Crippen LogP contribution is 2.20. The minimum Gasteiger partial charge on any atom is -0.378 e. The molecule has 1 aromatic carbocycles. The maximum absolute atomic E-state index is 13.1. The quantitative estimate of drug-likeness (QED) is 0.278. The largest absolute Gasteiger partial charge is 0.378 e. The fourth-order valence-electron chi connectivity index (χ4n) is 3.96. The van der Waals surface area contributed by atoms with Gasteiger partial charge in [-0.2, -0.15) is 0 Å². The van der Waals surface area contributed by atoms with Crippen molar-refractivity contribution >= 4 is 35.3 Å². The Morgan fingerprint density at radius 3 is 2.02 bits per heavy atom. The van der Waals surface area contributed by atoms with Crippen molar-refractivity contribution in [1.82, 2.24) is 26.2 Å². The van der Waals surface area contributed by atoms with Crippen LogP contribution in [0.5, 0.6) is 0 Å². The second kappa shape index (κ2) is 14.5. The van der Waals surface area contributed by atoms with Crippen molar-refractivity contribution in [2.45, 2.75) is 59.7 Å². The van der Waals surface area contributed by atoms with Crippen LogP contribution in [-0.2, 0) is 28.7 Å². The first-order valence-corrected chi connectivity index (χ1v) is 13.4. The van der Waals surface area contributed by atoms with Crippen molar-refractivity contribution in [3.63, 3.8) is 0 Å². The average molecular weight is 560 g/mol. The molecule has 220 valence electrons. The highest BCUT2D eigenvalue weighted by Gasteiger charge is 2.36. The van der Waals surface area contributed by atoms with Crippen LogP contribution in [0.3, 0.4) is 0 Å². The number of nitrogens with zero attached hydrogens (tertiary/aromatic N) is 1. The van der Waals surface area contributed by atoms with Crippen LogP contribution in [-0.4, -0.2) is 91.2 Å². The summed E-state index contributed by atoms with van der Waals surface area (Å²) in [5.41, 5.74) is -0.295. The number of ketones is 1. The number of hydrogen-bond acceptors (Lipinski definition) is 7. The fourth-order valence-corrected chi connectivity index (χ4v) is 3.96. The Morgan fingerprint density at radius 2 is 1.48 bits per heavy atom. The van der Waals surface area contributed by atoms with Gasteiger partial charge in [-0.05, 0) is 30.4 Å². The Bertz CT molecular complexity index is 1080. The third-order valence-electron chi connectivity index (χ3n) is 6.43. The van der Waals surface area contributed by atoms with Crippen molar-refractivity contribution in [2.75, 3.05) is 32.8 Å². The lowest BCUT2D eigenvalue weighted by atomic mass is 9.85. The molecule has 0 saturated carbocycles. The Hall–Kier alpha value is -3.80. The van der Waals surface area contributed by atoms with E-state index in [1.807, 2.05) is 0 Å². The van der Waals surface area contributed by atoms with Crippen LogP contribution in [0.2, 0.25) is 0 Å². The van der Waals surface area contributed by atoms with Crippen LogP contribution in [0.25, 0.3) is 0 Å². The Morgan fingerprint density at radius 1 is 0.875 bits per heavy atom. The number of carbonyl (C=O) groups is 6. The predicted octanol–water partition coefficient (Wildman–Crippen LogP) is 0.0207. The summed E-state index contributed by atoms with van der Waals surface area (Å²) < 4.78 is 5.20. The Kier molecular flexibility index (Phi) is 11.8. The van der Waals surface area contributed by atoms with Crippen LogP contribution in [0.4, 0.5) is 0 Å². The minimum absolute atomic E-state index is 0.335. The van der Waals surface area contributed by atoms with Crippen molar-refractivity contribution in [2.24, 2.45) is 11.3 Å².